The first-order chi connectivity index (χ1) is 7.00. The number of rotatable bonds is 4. The van der Waals surface area contributed by atoms with Crippen LogP contribution in [0.1, 0.15) is 16.1 Å². The number of primary amides is 1. The van der Waals surface area contributed by atoms with Crippen LogP contribution < -0.4 is 11.5 Å². The van der Waals surface area contributed by atoms with Crippen LogP contribution in [0.25, 0.3) is 0 Å². The molecule has 0 bridgehead atoms. The van der Waals surface area contributed by atoms with Crippen LogP contribution in [-0.2, 0) is 11.2 Å². The Bertz CT molecular complexity index is 392. The van der Waals surface area contributed by atoms with E-state index in [0.29, 0.717) is 5.69 Å². The molecule has 1 heterocycles. The first-order valence-electron chi connectivity index (χ1n) is 4.24. The van der Waals surface area contributed by atoms with Crippen LogP contribution in [0.5, 0.6) is 0 Å². The van der Waals surface area contributed by atoms with E-state index in [-0.39, 0.29) is 12.0 Å². The summed E-state index contributed by atoms with van der Waals surface area (Å²) in [6.45, 7) is 0. The molecular weight excluding hydrogens is 198 g/mol. The molecule has 6 heteroatoms. The number of carbonyl (C=O) groups is 2. The number of amides is 1. The second kappa shape index (κ2) is 4.52. The molecule has 0 fully saturated rings. The van der Waals surface area contributed by atoms with E-state index in [1.165, 1.54) is 18.3 Å². The standard InChI is InChI=1S/C9H11N3O3/c10-7(9(14)15)4-6-3-5(8(11)13)1-2-12-6/h1-3,7H,4,10H2,(H2,11,13)(H,14,15)/t7-/m0/s1. The lowest BCUT2D eigenvalue weighted by Crippen LogP contribution is -2.32. The van der Waals surface area contributed by atoms with Gasteiger partial charge in [-0.05, 0) is 12.1 Å². The maximum atomic E-state index is 10.8. The smallest absolute Gasteiger partial charge is 0.320 e. The Balaban J connectivity index is 2.82. The van der Waals surface area contributed by atoms with Crippen LogP contribution in [-0.4, -0.2) is 28.0 Å². The minimum atomic E-state index is -1.11. The van der Waals surface area contributed by atoms with Gasteiger partial charge in [-0.2, -0.15) is 0 Å². The van der Waals surface area contributed by atoms with E-state index in [1.54, 1.807) is 0 Å². The molecule has 0 saturated heterocycles. The Morgan fingerprint density at radius 1 is 1.53 bits per heavy atom. The van der Waals surface area contributed by atoms with Gasteiger partial charge in [0.1, 0.15) is 6.04 Å². The summed E-state index contributed by atoms with van der Waals surface area (Å²) in [4.78, 5) is 25.2. The fraction of sp³-hybridized carbons (Fsp3) is 0.222. The number of carboxylic acids is 1. The highest BCUT2D eigenvalue weighted by Crippen LogP contribution is 2.03. The summed E-state index contributed by atoms with van der Waals surface area (Å²) < 4.78 is 0. The number of hydrogen-bond donors (Lipinski definition) is 3. The zero-order valence-corrected chi connectivity index (χ0v) is 7.88. The maximum Gasteiger partial charge on any atom is 0.320 e. The molecule has 0 spiro atoms. The Labute approximate surface area is 85.9 Å². The number of hydrogen-bond acceptors (Lipinski definition) is 4. The van der Waals surface area contributed by atoms with Crippen molar-refractivity contribution >= 4 is 11.9 Å². The molecule has 0 unspecified atom stereocenters. The van der Waals surface area contributed by atoms with E-state index in [9.17, 15) is 9.59 Å². The van der Waals surface area contributed by atoms with Crippen molar-refractivity contribution in [1.29, 1.82) is 0 Å². The first kappa shape index (κ1) is 11.1. The fourth-order valence-electron chi connectivity index (χ4n) is 1.06. The van der Waals surface area contributed by atoms with Crippen molar-refractivity contribution in [2.75, 3.05) is 0 Å². The third kappa shape index (κ3) is 3.03. The summed E-state index contributed by atoms with van der Waals surface area (Å²) >= 11 is 0. The van der Waals surface area contributed by atoms with Crippen molar-refractivity contribution in [2.24, 2.45) is 11.5 Å². The van der Waals surface area contributed by atoms with E-state index >= 15 is 0 Å². The molecule has 0 aliphatic rings. The monoisotopic (exact) mass is 209 g/mol. The molecule has 0 aromatic carbocycles. The van der Waals surface area contributed by atoms with Gasteiger partial charge in [-0.3, -0.25) is 14.6 Å². The van der Waals surface area contributed by atoms with Gasteiger partial charge in [0.15, 0.2) is 0 Å². The van der Waals surface area contributed by atoms with Crippen LogP contribution in [0.4, 0.5) is 0 Å². The number of nitrogens with two attached hydrogens (primary N) is 2. The minimum Gasteiger partial charge on any atom is -0.480 e. The lowest BCUT2D eigenvalue weighted by atomic mass is 10.1. The van der Waals surface area contributed by atoms with Gasteiger partial charge in [-0.1, -0.05) is 0 Å². The summed E-state index contributed by atoms with van der Waals surface area (Å²) in [6.07, 6.45) is 1.46. The normalized spacial score (nSPS) is 12.1. The van der Waals surface area contributed by atoms with Gasteiger partial charge in [0.25, 0.3) is 0 Å². The first-order valence-corrected chi connectivity index (χ1v) is 4.24. The van der Waals surface area contributed by atoms with Crippen molar-refractivity contribution < 1.29 is 14.7 Å². The molecule has 1 atom stereocenters. The van der Waals surface area contributed by atoms with E-state index in [1.807, 2.05) is 0 Å². The average molecular weight is 209 g/mol. The molecule has 15 heavy (non-hydrogen) atoms. The maximum absolute atomic E-state index is 10.8. The van der Waals surface area contributed by atoms with E-state index in [4.69, 9.17) is 16.6 Å². The summed E-state index contributed by atoms with van der Waals surface area (Å²) in [5, 5.41) is 8.58. The highest BCUT2D eigenvalue weighted by molar-refractivity contribution is 5.92. The molecule has 1 amide bonds. The predicted molar refractivity (Wildman–Crippen MR) is 52.1 cm³/mol. The van der Waals surface area contributed by atoms with Crippen molar-refractivity contribution in [3.05, 3.63) is 29.6 Å². The number of carbonyl (C=O) groups excluding carboxylic acids is 1. The topological polar surface area (TPSA) is 119 Å². The summed E-state index contributed by atoms with van der Waals surface area (Å²) in [6, 6.07) is 1.86. The highest BCUT2D eigenvalue weighted by atomic mass is 16.4. The van der Waals surface area contributed by atoms with Gasteiger partial charge in [-0.25, -0.2) is 0 Å². The molecule has 0 aliphatic carbocycles. The number of aromatic nitrogens is 1. The molecule has 1 rings (SSSR count). The van der Waals surface area contributed by atoms with E-state index < -0.39 is 17.9 Å². The number of carboxylic acid groups (broad SMARTS) is 1. The summed E-state index contributed by atoms with van der Waals surface area (Å²) in [5.41, 5.74) is 11.1. The van der Waals surface area contributed by atoms with E-state index in [0.717, 1.165) is 0 Å². The van der Waals surface area contributed by atoms with Gasteiger partial charge < -0.3 is 16.6 Å². The van der Waals surface area contributed by atoms with Gasteiger partial charge >= 0.3 is 5.97 Å². The SMILES string of the molecule is NC(=O)c1ccnc(C[C@H](N)C(=O)O)c1. The molecule has 6 nitrogen and oxygen atoms in total. The predicted octanol–water partition coefficient (Wildman–Crippen LogP) is -0.865. The number of aliphatic carboxylic acids is 1. The van der Waals surface area contributed by atoms with Crippen LogP contribution >= 0.6 is 0 Å². The van der Waals surface area contributed by atoms with Gasteiger partial charge in [0, 0.05) is 23.9 Å². The average Bonchev–Trinajstić information content (AvgIpc) is 2.18. The lowest BCUT2D eigenvalue weighted by Gasteiger charge is -2.05. The van der Waals surface area contributed by atoms with Crippen molar-refractivity contribution in [3.63, 3.8) is 0 Å². The Morgan fingerprint density at radius 3 is 2.73 bits per heavy atom. The number of pyridine rings is 1. The van der Waals surface area contributed by atoms with Gasteiger partial charge in [-0.15, -0.1) is 0 Å². The van der Waals surface area contributed by atoms with Crippen molar-refractivity contribution in [2.45, 2.75) is 12.5 Å². The molecular formula is C9H11N3O3. The van der Waals surface area contributed by atoms with Crippen LogP contribution in [0.15, 0.2) is 18.3 Å². The Kier molecular flexibility index (Phi) is 3.35. The minimum absolute atomic E-state index is 0.0659. The highest BCUT2D eigenvalue weighted by Gasteiger charge is 2.13. The summed E-state index contributed by atoms with van der Waals surface area (Å²) in [7, 11) is 0. The van der Waals surface area contributed by atoms with Gasteiger partial charge in [0.05, 0.1) is 0 Å². The second-order valence-electron chi connectivity index (χ2n) is 3.05. The third-order valence-corrected chi connectivity index (χ3v) is 1.85. The molecule has 0 aliphatic heterocycles. The zero-order valence-electron chi connectivity index (χ0n) is 7.88. The second-order valence-corrected chi connectivity index (χ2v) is 3.05. The quantitative estimate of drug-likeness (QED) is 0.595. The molecule has 1 aromatic heterocycles. The van der Waals surface area contributed by atoms with Crippen molar-refractivity contribution in [1.82, 2.24) is 4.98 Å². The summed E-state index contributed by atoms with van der Waals surface area (Å²) in [5.74, 6) is -1.69. The molecule has 5 N–H and O–H groups in total. The van der Waals surface area contributed by atoms with Crippen LogP contribution in [0, 0.1) is 0 Å². The van der Waals surface area contributed by atoms with Crippen LogP contribution in [0.3, 0.4) is 0 Å². The Hall–Kier alpha value is -1.95. The number of nitrogens with zero attached hydrogens (tertiary/aromatic N) is 1. The Morgan fingerprint density at radius 2 is 2.20 bits per heavy atom. The molecule has 80 valence electrons. The molecule has 0 saturated carbocycles. The zero-order chi connectivity index (χ0) is 11.4. The van der Waals surface area contributed by atoms with E-state index in [2.05, 4.69) is 4.98 Å². The lowest BCUT2D eigenvalue weighted by molar-refractivity contribution is -0.138. The van der Waals surface area contributed by atoms with Crippen molar-refractivity contribution in [3.8, 4) is 0 Å². The molecule has 0 radical (unpaired) electrons. The third-order valence-electron chi connectivity index (χ3n) is 1.85. The largest absolute Gasteiger partial charge is 0.480 e. The van der Waals surface area contributed by atoms with Gasteiger partial charge in [0.2, 0.25) is 5.91 Å². The molecule has 1 aromatic rings. The fourth-order valence-corrected chi connectivity index (χ4v) is 1.06. The van der Waals surface area contributed by atoms with Crippen LogP contribution in [0.2, 0.25) is 0 Å².